The number of thiophene rings is 3. The quantitative estimate of drug-likeness (QED) is 0.0150. The van der Waals surface area contributed by atoms with Gasteiger partial charge in [-0.05, 0) is 116 Å². The molecule has 138 heavy (non-hydrogen) atoms. The number of amides is 3. The Bertz CT molecular complexity index is 5030. The number of rotatable bonds is 57. The standard InChI is InChI=1S/C39H60N4O4S.C37H56N4O4S.C35H52N4O4S/c1-4-5-6-7-8-9-10-11-12-13-14-15-16-17-18-19-20-25-36(44)46-31-47-39(45)43-35-24-22-21-23-34(35)40-37-33(30-32(2)48-37)38(43)42-28-26-41(3)27-29-42;1-4-5-6-7-8-9-10-11-12-13-14-15-16-17-18-23-34(42)44-29-45-37(43)41-33-22-20-19-21-32(33)38-35-31(28-30(2)46-35)36(41)40-26-24-39(3)25-27-40;1-4-5-6-7-8-9-10-11-12-13-14-15-16-21-32(40)42-27-43-35(41)39-31-20-18-17-19-30(31)36-33-29(26-28(2)44-33)34(39)38-24-22-37(3)23-25-38/h21-24,30H,4-20,25-29,31H2,1-3H3;19-22,28H,4-18,23-27,29H2,1-3H3;17-20,26H,4-16,21-25,27H2,1-3H3. The van der Waals surface area contributed by atoms with Gasteiger partial charge in [0.05, 0.1) is 49.8 Å². The molecular formula is C111H168N12O12S3. The van der Waals surface area contributed by atoms with E-state index in [0.717, 1.165) is 198 Å². The molecular weight excluding hydrogens is 1790 g/mol. The first-order valence-corrected chi connectivity index (χ1v) is 55.9. The number of hydrogen-bond donors (Lipinski definition) is 0. The first-order valence-electron chi connectivity index (χ1n) is 53.5. The molecule has 0 bridgehead atoms. The summed E-state index contributed by atoms with van der Waals surface area (Å²) < 4.78 is 35.5. The van der Waals surface area contributed by atoms with Gasteiger partial charge >= 0.3 is 36.2 Å². The van der Waals surface area contributed by atoms with Crippen molar-refractivity contribution < 1.29 is 57.2 Å². The number of para-hydroxylation sites is 6. The fourth-order valence-electron chi connectivity index (χ4n) is 18.8. The fraction of sp³-hybridized carbons (Fsp3) is 0.649. The summed E-state index contributed by atoms with van der Waals surface area (Å²) in [6.45, 7) is 21.8. The lowest BCUT2D eigenvalue weighted by molar-refractivity contribution is -0.152. The molecule has 0 radical (unpaired) electrons. The maximum Gasteiger partial charge on any atom is 0.423 e. The Morgan fingerprint density at radius 1 is 0.268 bits per heavy atom. The second kappa shape index (κ2) is 63.9. The number of likely N-dealkylation sites (N-methyl/N-ethyl adjacent to an activating group) is 3. The van der Waals surface area contributed by atoms with Crippen molar-refractivity contribution in [3.05, 3.63) is 135 Å². The Hall–Kier alpha value is -8.73. The number of nitrogens with zero attached hydrogens (tertiary/aromatic N) is 12. The number of carbonyl (C=O) groups excluding carboxylic acids is 6. The third-order valence-corrected chi connectivity index (χ3v) is 29.8. The molecule has 6 aliphatic rings. The Balaban J connectivity index is 0.000000214. The van der Waals surface area contributed by atoms with Crippen LogP contribution in [0.1, 0.15) is 344 Å². The fourth-order valence-corrected chi connectivity index (χ4v) is 21.5. The summed E-state index contributed by atoms with van der Waals surface area (Å²) in [5, 5.41) is 2.76. The van der Waals surface area contributed by atoms with Crippen LogP contribution < -0.4 is 44.4 Å². The summed E-state index contributed by atoms with van der Waals surface area (Å²) in [6, 6.07) is 29.2. The molecule has 3 aromatic heterocycles. The average Bonchev–Trinajstić information content (AvgIpc) is 1.62. The zero-order valence-corrected chi connectivity index (χ0v) is 88.1. The van der Waals surface area contributed by atoms with Crippen LogP contribution >= 0.6 is 34.0 Å². The van der Waals surface area contributed by atoms with Gasteiger partial charge in [0, 0.05) is 112 Å². The summed E-state index contributed by atoms with van der Waals surface area (Å²) in [5.74, 6) is 1.34. The molecule has 3 aromatic carbocycles. The molecule has 3 saturated heterocycles. The SMILES string of the molecule is CCCCCCCCCCCCCCCC(=O)OCOC(=O)N1C(N2CCN(C)CC2)=c2cc(C)sc2=Nc2ccccc21.CCCCCCCCCCCCCCCCCC(=O)OCOC(=O)N1C(N2CCN(C)CC2)=c2cc(C)sc2=Nc2ccccc21.CCCCCCCCCCCCCCCCCCCC(=O)OCOC(=O)N1C(N2CCN(C)CC2)=c2cc(C)sc2=Nc2ccccc21. The minimum absolute atomic E-state index is 0.325. The molecule has 0 saturated carbocycles. The van der Waals surface area contributed by atoms with Gasteiger partial charge < -0.3 is 57.8 Å². The highest BCUT2D eigenvalue weighted by atomic mass is 32.1. The molecule has 3 amide bonds. The molecule has 0 atom stereocenters. The summed E-state index contributed by atoms with van der Waals surface area (Å²) in [4.78, 5) is 115. The predicted octanol–water partition coefficient (Wildman–Crippen LogP) is 24.1. The molecule has 0 aliphatic carbocycles. The number of aryl methyl sites for hydroxylation is 3. The van der Waals surface area contributed by atoms with E-state index < -0.39 is 38.7 Å². The number of benzene rings is 3. The highest BCUT2D eigenvalue weighted by Crippen LogP contribution is 2.39. The Labute approximate surface area is 837 Å². The molecule has 0 spiro atoms. The summed E-state index contributed by atoms with van der Waals surface area (Å²) in [6.07, 6.45) is 57.0. The predicted molar refractivity (Wildman–Crippen MR) is 564 cm³/mol. The smallest absolute Gasteiger partial charge is 0.423 e. The van der Waals surface area contributed by atoms with Crippen molar-refractivity contribution in [2.24, 2.45) is 15.0 Å². The third kappa shape index (κ3) is 37.9. The van der Waals surface area contributed by atoms with Crippen molar-refractivity contribution in [3.63, 3.8) is 0 Å². The van der Waals surface area contributed by atoms with Crippen LogP contribution in [0.2, 0.25) is 0 Å². The van der Waals surface area contributed by atoms with E-state index in [1.807, 2.05) is 72.8 Å². The molecule has 9 heterocycles. The maximum atomic E-state index is 13.8. The van der Waals surface area contributed by atoms with Crippen molar-refractivity contribution >= 4 is 122 Å². The number of hydrogen-bond acceptors (Lipinski definition) is 24. The van der Waals surface area contributed by atoms with E-state index in [4.69, 9.17) is 43.4 Å². The van der Waals surface area contributed by atoms with Crippen molar-refractivity contribution in [3.8, 4) is 0 Å². The lowest BCUT2D eigenvalue weighted by Crippen LogP contribution is -2.51. The van der Waals surface area contributed by atoms with Crippen molar-refractivity contribution in [1.82, 2.24) is 29.4 Å². The van der Waals surface area contributed by atoms with Gasteiger partial charge in [0.1, 0.15) is 31.5 Å². The maximum absolute atomic E-state index is 13.8. The number of fused-ring (bicyclic) bond motifs is 6. The lowest BCUT2D eigenvalue weighted by atomic mass is 10.0. The second-order valence-corrected chi connectivity index (χ2v) is 42.3. The topological polar surface area (TPSA) is 224 Å². The number of ether oxygens (including phenoxy) is 6. The molecule has 27 heteroatoms. The van der Waals surface area contributed by atoms with Crippen molar-refractivity contribution in [2.45, 2.75) is 350 Å². The van der Waals surface area contributed by atoms with E-state index in [1.165, 1.54) is 231 Å². The molecule has 12 rings (SSSR count). The van der Waals surface area contributed by atoms with Crippen molar-refractivity contribution in [1.29, 1.82) is 0 Å². The van der Waals surface area contributed by atoms with E-state index in [1.54, 1.807) is 48.7 Å². The minimum atomic E-state index is -0.577. The Morgan fingerprint density at radius 3 is 0.674 bits per heavy atom. The van der Waals surface area contributed by atoms with Gasteiger partial charge in [-0.1, -0.05) is 327 Å². The Morgan fingerprint density at radius 2 is 0.464 bits per heavy atom. The normalized spacial score (nSPS) is 14.8. The van der Waals surface area contributed by atoms with Crippen LogP contribution in [0.3, 0.4) is 0 Å². The van der Waals surface area contributed by atoms with Crippen LogP contribution in [0.15, 0.2) is 106 Å². The first kappa shape index (κ1) is 111. The number of unbranched alkanes of at least 4 members (excludes halogenated alkanes) is 42. The summed E-state index contributed by atoms with van der Waals surface area (Å²) in [5.41, 5.74) is 4.09. The van der Waals surface area contributed by atoms with E-state index in [9.17, 15) is 28.8 Å². The van der Waals surface area contributed by atoms with Crippen LogP contribution in [0.4, 0.5) is 48.5 Å². The van der Waals surface area contributed by atoms with Gasteiger partial charge in [-0.2, -0.15) is 0 Å². The van der Waals surface area contributed by atoms with Gasteiger partial charge in [-0.15, -0.1) is 34.0 Å². The number of anilines is 3. The molecule has 762 valence electrons. The van der Waals surface area contributed by atoms with E-state index in [2.05, 4.69) is 110 Å². The van der Waals surface area contributed by atoms with Crippen LogP contribution in [0, 0.1) is 20.8 Å². The van der Waals surface area contributed by atoms with Gasteiger partial charge in [0.25, 0.3) is 0 Å². The third-order valence-electron chi connectivity index (χ3n) is 27.0. The minimum Gasteiger partial charge on any atom is -0.428 e. The number of carbonyl (C=O) groups is 6. The number of esters is 3. The zero-order chi connectivity index (χ0) is 97.7. The second-order valence-electron chi connectivity index (χ2n) is 38.6. The molecule has 6 aliphatic heterocycles. The molecule has 3 fully saturated rings. The van der Waals surface area contributed by atoms with Gasteiger partial charge in [-0.25, -0.2) is 44.1 Å². The van der Waals surface area contributed by atoms with Crippen LogP contribution in [-0.2, 0) is 42.8 Å². The van der Waals surface area contributed by atoms with Crippen molar-refractivity contribution in [2.75, 3.05) is 135 Å². The zero-order valence-electron chi connectivity index (χ0n) is 85.7. The van der Waals surface area contributed by atoms with Gasteiger partial charge in [0.2, 0.25) is 20.4 Å². The first-order chi connectivity index (χ1) is 67.4. The van der Waals surface area contributed by atoms with Gasteiger partial charge in [0.15, 0.2) is 0 Å². The van der Waals surface area contributed by atoms with Gasteiger partial charge in [-0.3, -0.25) is 14.4 Å². The summed E-state index contributed by atoms with van der Waals surface area (Å²) in [7, 11) is 6.33. The highest BCUT2D eigenvalue weighted by Gasteiger charge is 2.37. The molecule has 0 unspecified atom stereocenters. The van der Waals surface area contributed by atoms with Crippen LogP contribution in [0.5, 0.6) is 0 Å². The molecule has 0 N–H and O–H groups in total. The summed E-state index contributed by atoms with van der Waals surface area (Å²) >= 11 is 4.86. The van der Waals surface area contributed by atoms with E-state index >= 15 is 0 Å². The van der Waals surface area contributed by atoms with Crippen LogP contribution in [-0.4, -0.2) is 186 Å². The molecule has 24 nitrogen and oxygen atoms in total. The average molecular weight is 1960 g/mol. The van der Waals surface area contributed by atoms with E-state index in [0.29, 0.717) is 53.4 Å². The van der Waals surface area contributed by atoms with E-state index in [-0.39, 0.29) is 17.9 Å². The monoisotopic (exact) mass is 1960 g/mol. The molecule has 6 aromatic rings. The lowest BCUT2D eigenvalue weighted by Gasteiger charge is -2.38. The number of piperazine rings is 3. The Kier molecular flexibility index (Phi) is 51.5. The van der Waals surface area contributed by atoms with Crippen LogP contribution in [0.25, 0.3) is 17.5 Å². The highest BCUT2D eigenvalue weighted by molar-refractivity contribution is 7.10. The largest absolute Gasteiger partial charge is 0.428 e.